The number of para-hydroxylation sites is 2. The van der Waals surface area contributed by atoms with Crippen molar-refractivity contribution in [1.29, 1.82) is 0 Å². The van der Waals surface area contributed by atoms with E-state index < -0.39 is 5.97 Å². The Morgan fingerprint density at radius 3 is 2.63 bits per heavy atom. The van der Waals surface area contributed by atoms with Crippen LogP contribution >= 0.6 is 11.8 Å². The quantitative estimate of drug-likeness (QED) is 0.157. The van der Waals surface area contributed by atoms with E-state index in [4.69, 9.17) is 18.9 Å². The molecule has 1 saturated heterocycles. The van der Waals surface area contributed by atoms with Crippen molar-refractivity contribution in [2.75, 3.05) is 27.4 Å². The molecule has 0 spiro atoms. The second-order valence-corrected chi connectivity index (χ2v) is 9.64. The van der Waals surface area contributed by atoms with E-state index in [0.717, 1.165) is 22.2 Å². The summed E-state index contributed by atoms with van der Waals surface area (Å²) in [5, 5.41) is 1.66. The zero-order chi connectivity index (χ0) is 26.5. The molecular formula is C29H27N3O5S. The van der Waals surface area contributed by atoms with Crippen LogP contribution in [0.25, 0.3) is 17.0 Å². The Hall–Kier alpha value is -4.08. The Morgan fingerprint density at radius 2 is 1.84 bits per heavy atom. The Balaban J connectivity index is 1.47. The van der Waals surface area contributed by atoms with E-state index >= 15 is 0 Å². The minimum absolute atomic E-state index is 0.0774. The molecule has 4 aromatic rings. The molecule has 1 fully saturated rings. The van der Waals surface area contributed by atoms with Gasteiger partial charge in [0.25, 0.3) is 5.91 Å². The van der Waals surface area contributed by atoms with Crippen LogP contribution in [0.4, 0.5) is 5.69 Å². The maximum absolute atomic E-state index is 13.5. The van der Waals surface area contributed by atoms with Gasteiger partial charge in [-0.3, -0.25) is 9.69 Å². The smallest absolute Gasteiger partial charge is 0.373 e. The van der Waals surface area contributed by atoms with Crippen molar-refractivity contribution in [3.8, 4) is 0 Å². The number of nitrogens with zero attached hydrogens (tertiary/aromatic N) is 3. The van der Waals surface area contributed by atoms with E-state index in [9.17, 15) is 9.59 Å². The van der Waals surface area contributed by atoms with Crippen LogP contribution < -0.4 is 0 Å². The third kappa shape index (κ3) is 5.44. The van der Waals surface area contributed by atoms with Gasteiger partial charge in [0.2, 0.25) is 5.76 Å². The van der Waals surface area contributed by atoms with E-state index in [0.29, 0.717) is 42.0 Å². The number of aromatic nitrogens is 1. The van der Waals surface area contributed by atoms with Crippen LogP contribution in [0.3, 0.4) is 0 Å². The molecule has 0 radical (unpaired) electrons. The molecule has 3 heterocycles. The number of rotatable bonds is 9. The monoisotopic (exact) mass is 529 g/mol. The molecule has 5 rings (SSSR count). The molecule has 1 amide bonds. The number of fused-ring (bicyclic) bond motifs is 1. The van der Waals surface area contributed by atoms with Gasteiger partial charge in [0.05, 0.1) is 24.2 Å². The molecule has 2 aromatic carbocycles. The minimum Gasteiger partial charge on any atom is -0.463 e. The molecule has 0 unspecified atom stereocenters. The molecule has 194 valence electrons. The molecule has 9 heteroatoms. The molecule has 0 bridgehead atoms. The Labute approximate surface area is 224 Å². The molecule has 2 aromatic heterocycles. The molecule has 0 aliphatic carbocycles. The summed E-state index contributed by atoms with van der Waals surface area (Å²) in [6, 6.07) is 21.0. The summed E-state index contributed by atoms with van der Waals surface area (Å²) in [4.78, 5) is 32.3. The van der Waals surface area contributed by atoms with Gasteiger partial charge in [-0.1, -0.05) is 36.4 Å². The summed E-state index contributed by atoms with van der Waals surface area (Å²) in [6.45, 7) is 1.50. The summed E-state index contributed by atoms with van der Waals surface area (Å²) < 4.78 is 17.7. The van der Waals surface area contributed by atoms with Crippen LogP contribution in [0.2, 0.25) is 0 Å². The fourth-order valence-electron chi connectivity index (χ4n) is 4.27. The third-order valence-electron chi connectivity index (χ3n) is 6.08. The number of methoxy groups -OCH3 is 2. The van der Waals surface area contributed by atoms with Crippen LogP contribution in [0, 0.1) is 0 Å². The number of benzene rings is 2. The molecule has 8 nitrogen and oxygen atoms in total. The largest absolute Gasteiger partial charge is 0.463 e. The second kappa shape index (κ2) is 11.5. The molecular weight excluding hydrogens is 502 g/mol. The van der Waals surface area contributed by atoms with Crippen molar-refractivity contribution < 1.29 is 23.5 Å². The van der Waals surface area contributed by atoms with Crippen LogP contribution in [-0.2, 0) is 20.8 Å². The first kappa shape index (κ1) is 25.6. The van der Waals surface area contributed by atoms with Gasteiger partial charge in [0.15, 0.2) is 5.17 Å². The molecule has 0 N–H and O–H groups in total. The first-order valence-corrected chi connectivity index (χ1v) is 13.0. The molecule has 0 atom stereocenters. The number of thioether (sulfide) groups is 1. The fraction of sp³-hybridized carbons (Fsp3) is 0.207. The Morgan fingerprint density at radius 1 is 1.05 bits per heavy atom. The van der Waals surface area contributed by atoms with Crippen molar-refractivity contribution in [2.45, 2.75) is 13.0 Å². The van der Waals surface area contributed by atoms with Gasteiger partial charge in [-0.15, -0.1) is 0 Å². The molecule has 38 heavy (non-hydrogen) atoms. The van der Waals surface area contributed by atoms with Crippen molar-refractivity contribution in [1.82, 2.24) is 9.47 Å². The average molecular weight is 530 g/mol. The van der Waals surface area contributed by atoms with Crippen molar-refractivity contribution in [2.24, 2.45) is 4.99 Å². The van der Waals surface area contributed by atoms with Crippen molar-refractivity contribution >= 4 is 51.5 Å². The van der Waals surface area contributed by atoms with Crippen LogP contribution in [-0.4, -0.2) is 53.9 Å². The van der Waals surface area contributed by atoms with E-state index in [1.807, 2.05) is 71.4 Å². The summed E-state index contributed by atoms with van der Waals surface area (Å²) >= 11 is 1.37. The minimum atomic E-state index is -0.515. The molecule has 1 aliphatic rings. The van der Waals surface area contributed by atoms with Crippen LogP contribution in [0.15, 0.2) is 87.2 Å². The zero-order valence-corrected chi connectivity index (χ0v) is 21.9. The lowest BCUT2D eigenvalue weighted by atomic mass is 10.1. The van der Waals surface area contributed by atoms with Crippen LogP contribution in [0.1, 0.15) is 28.3 Å². The number of hydrogen-bond donors (Lipinski definition) is 0. The summed E-state index contributed by atoms with van der Waals surface area (Å²) in [5.41, 5.74) is 2.69. The highest BCUT2D eigenvalue weighted by molar-refractivity contribution is 8.18. The van der Waals surface area contributed by atoms with E-state index in [1.54, 1.807) is 24.1 Å². The average Bonchev–Trinajstić information content (AvgIpc) is 3.63. The van der Waals surface area contributed by atoms with Crippen LogP contribution in [0.5, 0.6) is 0 Å². The number of aliphatic imine (C=N–C) groups is 1. The van der Waals surface area contributed by atoms with Gasteiger partial charge in [-0.05, 0) is 54.6 Å². The predicted octanol–water partition coefficient (Wildman–Crippen LogP) is 5.71. The maximum atomic E-state index is 13.5. The highest BCUT2D eigenvalue weighted by Crippen LogP contribution is 2.36. The number of hydrogen-bond acceptors (Lipinski definition) is 7. The lowest BCUT2D eigenvalue weighted by Crippen LogP contribution is -2.30. The zero-order valence-electron chi connectivity index (χ0n) is 21.1. The van der Waals surface area contributed by atoms with Gasteiger partial charge in [0.1, 0.15) is 5.76 Å². The maximum Gasteiger partial charge on any atom is 0.373 e. The number of carbonyl (C=O) groups is 2. The number of carbonyl (C=O) groups excluding carboxylic acids is 2. The highest BCUT2D eigenvalue weighted by atomic mass is 32.2. The number of amidine groups is 1. The lowest BCUT2D eigenvalue weighted by Gasteiger charge is -2.15. The SMILES string of the molecule is COCCCN1C(=O)/C(=C/c2cn(Cc3ccc(C(=O)OC)o3)c3ccccc23)SC1=Nc1ccccc1. The van der Waals surface area contributed by atoms with Crippen molar-refractivity contribution in [3.05, 3.63) is 94.9 Å². The predicted molar refractivity (Wildman–Crippen MR) is 148 cm³/mol. The summed E-state index contributed by atoms with van der Waals surface area (Å²) in [5.74, 6) is 0.191. The van der Waals surface area contributed by atoms with E-state index in [1.165, 1.54) is 18.9 Å². The van der Waals surface area contributed by atoms with Gasteiger partial charge < -0.3 is 18.5 Å². The van der Waals surface area contributed by atoms with Gasteiger partial charge in [0, 0.05) is 42.9 Å². The summed E-state index contributed by atoms with van der Waals surface area (Å²) in [7, 11) is 2.97. The first-order chi connectivity index (χ1) is 18.6. The van der Waals surface area contributed by atoms with Gasteiger partial charge in [-0.2, -0.15) is 0 Å². The molecule has 1 aliphatic heterocycles. The fourth-order valence-corrected chi connectivity index (χ4v) is 5.29. The first-order valence-electron chi connectivity index (χ1n) is 12.2. The van der Waals surface area contributed by atoms with Gasteiger partial charge >= 0.3 is 5.97 Å². The van der Waals surface area contributed by atoms with E-state index in [2.05, 4.69) is 0 Å². The Kier molecular flexibility index (Phi) is 7.76. The number of ether oxygens (including phenoxy) is 2. The van der Waals surface area contributed by atoms with Gasteiger partial charge in [-0.25, -0.2) is 9.79 Å². The number of esters is 1. The molecule has 0 saturated carbocycles. The third-order valence-corrected chi connectivity index (χ3v) is 7.09. The highest BCUT2D eigenvalue weighted by Gasteiger charge is 2.33. The topological polar surface area (TPSA) is 86.3 Å². The Bertz CT molecular complexity index is 1520. The second-order valence-electron chi connectivity index (χ2n) is 8.63. The van der Waals surface area contributed by atoms with E-state index in [-0.39, 0.29) is 11.7 Å². The standard InChI is InChI=1S/C29H27N3O5S/c1-35-16-8-15-32-27(33)26(38-29(32)30-21-9-4-3-5-10-21)17-20-18-31(24-12-7-6-11-23(20)24)19-22-13-14-25(37-22)28(34)36-2/h3-7,9-14,17-18H,8,15-16,19H2,1-2H3/b26-17-,30-29?. The lowest BCUT2D eigenvalue weighted by molar-refractivity contribution is -0.122. The summed E-state index contributed by atoms with van der Waals surface area (Å²) in [6.07, 6.45) is 4.62. The number of amides is 1. The normalized spacial score (nSPS) is 15.7. The van der Waals surface area contributed by atoms with Crippen molar-refractivity contribution in [3.63, 3.8) is 0 Å². The number of furan rings is 1.